The van der Waals surface area contributed by atoms with E-state index in [-0.39, 0.29) is 0 Å². The Balaban J connectivity index is 1.61. The lowest BCUT2D eigenvalue weighted by Crippen LogP contribution is -2.33. The van der Waals surface area contributed by atoms with Gasteiger partial charge in [-0.1, -0.05) is 29.8 Å². The Morgan fingerprint density at radius 2 is 1.96 bits per heavy atom. The summed E-state index contributed by atoms with van der Waals surface area (Å²) in [4.78, 5) is 12.8. The summed E-state index contributed by atoms with van der Waals surface area (Å²) in [7, 11) is 0. The van der Waals surface area contributed by atoms with E-state index in [9.17, 15) is 15.3 Å². The summed E-state index contributed by atoms with van der Waals surface area (Å²) in [5.74, 6) is 0.505. The molecule has 1 aromatic carbocycles. The van der Waals surface area contributed by atoms with E-state index in [4.69, 9.17) is 16.3 Å². The number of nitrogens with zero attached hydrogens (tertiary/aromatic N) is 4. The average molecular weight is 392 g/mol. The quantitative estimate of drug-likeness (QED) is 0.501. The molecular formula is C17H18ClN5O4. The summed E-state index contributed by atoms with van der Waals surface area (Å²) < 4.78 is 7.06. The van der Waals surface area contributed by atoms with Crippen LogP contribution in [0.4, 0.5) is 5.82 Å². The predicted octanol–water partition coefficient (Wildman–Crippen LogP) is 0.703. The summed E-state index contributed by atoms with van der Waals surface area (Å²) >= 11 is 6.18. The lowest BCUT2D eigenvalue weighted by atomic mass is 10.1. The van der Waals surface area contributed by atoms with Gasteiger partial charge in [0, 0.05) is 11.6 Å². The number of fused-ring (bicyclic) bond motifs is 1. The highest BCUT2D eigenvalue weighted by atomic mass is 35.5. The zero-order valence-electron chi connectivity index (χ0n) is 14.1. The molecule has 9 nitrogen and oxygen atoms in total. The minimum atomic E-state index is -1.21. The van der Waals surface area contributed by atoms with Crippen LogP contribution in [0.1, 0.15) is 11.8 Å². The van der Waals surface area contributed by atoms with Crippen LogP contribution in [0.2, 0.25) is 5.02 Å². The first-order valence-corrected chi connectivity index (χ1v) is 8.75. The van der Waals surface area contributed by atoms with E-state index in [1.807, 2.05) is 24.3 Å². The van der Waals surface area contributed by atoms with Gasteiger partial charge < -0.3 is 25.4 Å². The fourth-order valence-electron chi connectivity index (χ4n) is 3.10. The van der Waals surface area contributed by atoms with Crippen LogP contribution in [-0.4, -0.2) is 59.8 Å². The Labute approximate surface area is 159 Å². The third-order valence-corrected chi connectivity index (χ3v) is 4.92. The minimum Gasteiger partial charge on any atom is -0.394 e. The summed E-state index contributed by atoms with van der Waals surface area (Å²) in [5, 5.41) is 33.3. The Morgan fingerprint density at radius 3 is 2.70 bits per heavy atom. The number of aliphatic hydroxyl groups is 3. The van der Waals surface area contributed by atoms with E-state index in [2.05, 4.69) is 20.3 Å². The lowest BCUT2D eigenvalue weighted by molar-refractivity contribution is -0.0511. The number of hydrogen-bond acceptors (Lipinski definition) is 8. The maximum atomic E-state index is 10.2. The average Bonchev–Trinajstić information content (AvgIpc) is 3.23. The molecule has 3 heterocycles. The SMILES string of the molecule is OC[C@H]1OC(n2cnc3c(NCc4ccccc4Cl)ncnc32)[C@@H](O)[C@@H]1O. The van der Waals surface area contributed by atoms with Crippen molar-refractivity contribution in [2.75, 3.05) is 11.9 Å². The lowest BCUT2D eigenvalue weighted by Gasteiger charge is -2.16. The number of hydrogen-bond donors (Lipinski definition) is 4. The largest absolute Gasteiger partial charge is 0.394 e. The zero-order valence-corrected chi connectivity index (χ0v) is 14.9. The van der Waals surface area contributed by atoms with Crippen molar-refractivity contribution in [2.45, 2.75) is 31.1 Å². The second-order valence-corrected chi connectivity index (χ2v) is 6.63. The molecule has 4 N–H and O–H groups in total. The Kier molecular flexibility index (Phi) is 4.94. The number of benzene rings is 1. The van der Waals surface area contributed by atoms with E-state index in [0.29, 0.717) is 28.5 Å². The van der Waals surface area contributed by atoms with Crippen molar-refractivity contribution in [1.82, 2.24) is 19.5 Å². The molecule has 0 saturated carbocycles. The molecular weight excluding hydrogens is 374 g/mol. The number of nitrogens with one attached hydrogen (secondary N) is 1. The van der Waals surface area contributed by atoms with Crippen molar-refractivity contribution in [3.63, 3.8) is 0 Å². The molecule has 1 fully saturated rings. The van der Waals surface area contributed by atoms with Crippen LogP contribution < -0.4 is 5.32 Å². The molecule has 0 radical (unpaired) electrons. The number of ether oxygens (including phenoxy) is 1. The highest BCUT2D eigenvalue weighted by molar-refractivity contribution is 6.31. The molecule has 1 aliphatic heterocycles. The molecule has 1 unspecified atom stereocenters. The van der Waals surface area contributed by atoms with E-state index < -0.39 is 31.1 Å². The number of halogens is 1. The van der Waals surface area contributed by atoms with Gasteiger partial charge in [-0.2, -0.15) is 0 Å². The van der Waals surface area contributed by atoms with Gasteiger partial charge in [0.05, 0.1) is 12.9 Å². The first-order chi connectivity index (χ1) is 13.1. The molecule has 0 bridgehead atoms. The van der Waals surface area contributed by atoms with E-state index in [1.54, 1.807) is 0 Å². The van der Waals surface area contributed by atoms with E-state index in [0.717, 1.165) is 5.56 Å². The third-order valence-electron chi connectivity index (χ3n) is 4.55. The van der Waals surface area contributed by atoms with Crippen LogP contribution in [0.15, 0.2) is 36.9 Å². The molecule has 3 aromatic rings. The fraction of sp³-hybridized carbons (Fsp3) is 0.353. The van der Waals surface area contributed by atoms with Gasteiger partial charge in [-0.3, -0.25) is 4.57 Å². The van der Waals surface area contributed by atoms with Crippen LogP contribution in [0.25, 0.3) is 11.2 Å². The van der Waals surface area contributed by atoms with Gasteiger partial charge in [0.1, 0.15) is 24.6 Å². The molecule has 0 aliphatic carbocycles. The Morgan fingerprint density at radius 1 is 1.15 bits per heavy atom. The summed E-state index contributed by atoms with van der Waals surface area (Å²) in [5.41, 5.74) is 1.83. The fourth-order valence-corrected chi connectivity index (χ4v) is 3.30. The van der Waals surface area contributed by atoms with Crippen molar-refractivity contribution in [1.29, 1.82) is 0 Å². The van der Waals surface area contributed by atoms with Crippen LogP contribution in [0.3, 0.4) is 0 Å². The van der Waals surface area contributed by atoms with Gasteiger partial charge in [-0.05, 0) is 11.6 Å². The Bertz CT molecular complexity index is 952. The smallest absolute Gasteiger partial charge is 0.167 e. The van der Waals surface area contributed by atoms with Gasteiger partial charge >= 0.3 is 0 Å². The number of imidazole rings is 1. The number of anilines is 1. The number of aromatic nitrogens is 4. The first kappa shape index (κ1) is 18.1. The third kappa shape index (κ3) is 3.24. The van der Waals surface area contributed by atoms with Gasteiger partial charge in [0.25, 0.3) is 0 Å². The molecule has 4 atom stereocenters. The predicted molar refractivity (Wildman–Crippen MR) is 97.1 cm³/mol. The maximum absolute atomic E-state index is 10.2. The van der Waals surface area contributed by atoms with E-state index >= 15 is 0 Å². The Hall–Kier alpha value is -2.30. The summed E-state index contributed by atoms with van der Waals surface area (Å²) in [6.45, 7) is 0.0491. The molecule has 10 heteroatoms. The monoisotopic (exact) mass is 391 g/mol. The standard InChI is InChI=1S/C17H18ClN5O4/c18-10-4-2-1-3-9(10)5-19-15-12-16(21-7-20-15)23(8-22-12)17-14(26)13(25)11(6-24)27-17/h1-4,7-8,11,13-14,17,24-26H,5-6H2,(H,19,20,21)/t11-,13-,14+,17?/m1/s1. The van der Waals surface area contributed by atoms with Crippen LogP contribution in [-0.2, 0) is 11.3 Å². The van der Waals surface area contributed by atoms with Gasteiger partial charge in [0.15, 0.2) is 23.2 Å². The highest BCUT2D eigenvalue weighted by Crippen LogP contribution is 2.32. The number of aliphatic hydroxyl groups excluding tert-OH is 3. The zero-order chi connectivity index (χ0) is 19.0. The highest BCUT2D eigenvalue weighted by Gasteiger charge is 2.44. The van der Waals surface area contributed by atoms with Crippen molar-refractivity contribution < 1.29 is 20.1 Å². The van der Waals surface area contributed by atoms with Crippen LogP contribution >= 0.6 is 11.6 Å². The second kappa shape index (κ2) is 7.37. The molecule has 0 amide bonds. The molecule has 1 saturated heterocycles. The van der Waals surface area contributed by atoms with Crippen LogP contribution in [0.5, 0.6) is 0 Å². The molecule has 0 spiro atoms. The van der Waals surface area contributed by atoms with Crippen LogP contribution in [0, 0.1) is 0 Å². The van der Waals surface area contributed by atoms with E-state index in [1.165, 1.54) is 17.2 Å². The summed E-state index contributed by atoms with van der Waals surface area (Å²) in [6, 6.07) is 7.47. The number of rotatable bonds is 5. The van der Waals surface area contributed by atoms with Gasteiger partial charge in [-0.25, -0.2) is 15.0 Å². The molecule has 4 rings (SSSR count). The second-order valence-electron chi connectivity index (χ2n) is 6.22. The van der Waals surface area contributed by atoms with Crippen molar-refractivity contribution >= 4 is 28.6 Å². The van der Waals surface area contributed by atoms with Crippen molar-refractivity contribution in [3.05, 3.63) is 47.5 Å². The first-order valence-electron chi connectivity index (χ1n) is 8.37. The normalized spacial score (nSPS) is 25.2. The molecule has 2 aromatic heterocycles. The summed E-state index contributed by atoms with van der Waals surface area (Å²) in [6.07, 6.45) is -1.36. The van der Waals surface area contributed by atoms with Crippen molar-refractivity contribution in [3.8, 4) is 0 Å². The van der Waals surface area contributed by atoms with Gasteiger partial charge in [0.2, 0.25) is 0 Å². The van der Waals surface area contributed by atoms with Crippen molar-refractivity contribution in [2.24, 2.45) is 0 Å². The molecule has 142 valence electrons. The topological polar surface area (TPSA) is 126 Å². The maximum Gasteiger partial charge on any atom is 0.167 e. The molecule has 1 aliphatic rings. The van der Waals surface area contributed by atoms with Gasteiger partial charge in [-0.15, -0.1) is 0 Å². The molecule has 27 heavy (non-hydrogen) atoms. The minimum absolute atomic E-state index is 0.402.